The Morgan fingerprint density at radius 1 is 1.03 bits per heavy atom. The van der Waals surface area contributed by atoms with Crippen LogP contribution in [0.5, 0.6) is 5.75 Å². The fourth-order valence-electron chi connectivity index (χ4n) is 3.51. The Hall–Kier alpha value is -3.78. The first kappa shape index (κ1) is 25.3. The zero-order valence-corrected chi connectivity index (χ0v) is 21.0. The zero-order chi connectivity index (χ0) is 25.3. The molecule has 0 saturated carbocycles. The Kier molecular flexibility index (Phi) is 8.62. The lowest BCUT2D eigenvalue weighted by atomic mass is 10.1. The molecule has 0 amide bonds. The van der Waals surface area contributed by atoms with Gasteiger partial charge in [-0.25, -0.2) is 4.39 Å². The molecule has 0 bridgehead atoms. The van der Waals surface area contributed by atoms with Crippen molar-refractivity contribution < 1.29 is 13.9 Å². The predicted octanol–water partition coefficient (Wildman–Crippen LogP) is 6.52. The van der Waals surface area contributed by atoms with Crippen molar-refractivity contribution in [3.63, 3.8) is 0 Å². The SMILES string of the molecule is CC(C)n1c(SCCCOc2ccc(C(=O)/C=C/c3ccc(F)cc3)cc2)nnc1-c1ccncc1. The maximum Gasteiger partial charge on any atom is 0.191 e. The molecule has 0 atom stereocenters. The van der Waals surface area contributed by atoms with Gasteiger partial charge in [-0.3, -0.25) is 14.3 Å². The Labute approximate surface area is 214 Å². The molecular formula is C28H27FN4O2S. The van der Waals surface area contributed by atoms with E-state index in [4.69, 9.17) is 4.74 Å². The van der Waals surface area contributed by atoms with E-state index in [2.05, 4.69) is 33.6 Å². The third kappa shape index (κ3) is 6.66. The average molecular weight is 503 g/mol. The number of nitrogens with zero attached hydrogens (tertiary/aromatic N) is 4. The number of carbonyl (C=O) groups excluding carboxylic acids is 1. The van der Waals surface area contributed by atoms with Crippen LogP contribution in [0.1, 0.15) is 42.2 Å². The van der Waals surface area contributed by atoms with Crippen molar-refractivity contribution in [3.05, 3.63) is 96.1 Å². The van der Waals surface area contributed by atoms with Crippen molar-refractivity contribution in [2.24, 2.45) is 0 Å². The Bertz CT molecular complexity index is 1300. The molecule has 0 aliphatic heterocycles. The largest absolute Gasteiger partial charge is 0.494 e. The van der Waals surface area contributed by atoms with E-state index in [1.807, 2.05) is 12.1 Å². The lowest BCUT2D eigenvalue weighted by Gasteiger charge is -2.13. The zero-order valence-electron chi connectivity index (χ0n) is 20.2. The van der Waals surface area contributed by atoms with Gasteiger partial charge in [0, 0.05) is 35.3 Å². The monoisotopic (exact) mass is 502 g/mol. The summed E-state index contributed by atoms with van der Waals surface area (Å²) in [4.78, 5) is 16.5. The number of aromatic nitrogens is 4. The van der Waals surface area contributed by atoms with Gasteiger partial charge in [-0.15, -0.1) is 10.2 Å². The first-order chi connectivity index (χ1) is 17.5. The van der Waals surface area contributed by atoms with Crippen LogP contribution in [0.4, 0.5) is 4.39 Å². The highest BCUT2D eigenvalue weighted by Gasteiger charge is 2.16. The van der Waals surface area contributed by atoms with Gasteiger partial charge in [-0.05, 0) is 80.4 Å². The number of ketones is 1. The topological polar surface area (TPSA) is 69.9 Å². The first-order valence-electron chi connectivity index (χ1n) is 11.7. The molecule has 184 valence electrons. The van der Waals surface area contributed by atoms with Crippen molar-refractivity contribution in [3.8, 4) is 17.1 Å². The summed E-state index contributed by atoms with van der Waals surface area (Å²) in [6, 6.07) is 17.2. The Morgan fingerprint density at radius 2 is 1.75 bits per heavy atom. The molecule has 0 N–H and O–H groups in total. The van der Waals surface area contributed by atoms with E-state index >= 15 is 0 Å². The summed E-state index contributed by atoms with van der Waals surface area (Å²) >= 11 is 1.66. The van der Waals surface area contributed by atoms with Gasteiger partial charge < -0.3 is 4.74 Å². The van der Waals surface area contributed by atoms with Gasteiger partial charge >= 0.3 is 0 Å². The molecule has 4 rings (SSSR count). The van der Waals surface area contributed by atoms with E-state index in [1.165, 1.54) is 18.2 Å². The lowest BCUT2D eigenvalue weighted by Crippen LogP contribution is -2.06. The van der Waals surface area contributed by atoms with Crippen LogP contribution in [0.3, 0.4) is 0 Å². The molecule has 4 aromatic rings. The Balaban J connectivity index is 1.25. The maximum absolute atomic E-state index is 13.0. The summed E-state index contributed by atoms with van der Waals surface area (Å²) in [5.74, 6) is 1.97. The number of rotatable bonds is 11. The molecule has 0 spiro atoms. The van der Waals surface area contributed by atoms with Crippen LogP contribution in [0.25, 0.3) is 17.5 Å². The van der Waals surface area contributed by atoms with Gasteiger partial charge in [0.2, 0.25) is 0 Å². The molecule has 0 radical (unpaired) electrons. The second kappa shape index (κ2) is 12.3. The van der Waals surface area contributed by atoms with Crippen molar-refractivity contribution in [1.82, 2.24) is 19.7 Å². The normalized spacial score (nSPS) is 11.3. The van der Waals surface area contributed by atoms with E-state index in [9.17, 15) is 9.18 Å². The third-order valence-electron chi connectivity index (χ3n) is 5.34. The number of ether oxygens (including phenoxy) is 1. The highest BCUT2D eigenvalue weighted by Crippen LogP contribution is 2.27. The minimum absolute atomic E-state index is 0.123. The first-order valence-corrected chi connectivity index (χ1v) is 12.7. The fourth-order valence-corrected chi connectivity index (χ4v) is 4.49. The van der Waals surface area contributed by atoms with Gasteiger partial charge in [-0.2, -0.15) is 0 Å². The molecule has 2 aromatic carbocycles. The van der Waals surface area contributed by atoms with Crippen molar-refractivity contribution in [2.75, 3.05) is 12.4 Å². The number of hydrogen-bond acceptors (Lipinski definition) is 6. The van der Waals surface area contributed by atoms with E-state index < -0.39 is 0 Å². The van der Waals surface area contributed by atoms with Crippen molar-refractivity contribution in [1.29, 1.82) is 0 Å². The minimum Gasteiger partial charge on any atom is -0.494 e. The van der Waals surface area contributed by atoms with Crippen LogP contribution in [0, 0.1) is 5.82 Å². The summed E-state index contributed by atoms with van der Waals surface area (Å²) < 4.78 is 21.0. The highest BCUT2D eigenvalue weighted by atomic mass is 32.2. The van der Waals surface area contributed by atoms with Gasteiger partial charge in [0.1, 0.15) is 11.6 Å². The summed E-state index contributed by atoms with van der Waals surface area (Å²) in [5, 5.41) is 9.67. The van der Waals surface area contributed by atoms with Crippen LogP contribution in [0.15, 0.2) is 84.3 Å². The molecule has 0 aliphatic rings. The van der Waals surface area contributed by atoms with Gasteiger partial charge in [0.25, 0.3) is 0 Å². The predicted molar refractivity (Wildman–Crippen MR) is 141 cm³/mol. The van der Waals surface area contributed by atoms with Gasteiger partial charge in [-0.1, -0.05) is 30.0 Å². The molecule has 8 heteroatoms. The highest BCUT2D eigenvalue weighted by molar-refractivity contribution is 7.99. The molecule has 0 fully saturated rings. The summed E-state index contributed by atoms with van der Waals surface area (Å²) in [6.45, 7) is 4.79. The summed E-state index contributed by atoms with van der Waals surface area (Å²) in [7, 11) is 0. The van der Waals surface area contributed by atoms with Crippen molar-refractivity contribution in [2.45, 2.75) is 31.5 Å². The molecular weight excluding hydrogens is 475 g/mol. The number of benzene rings is 2. The number of halogens is 1. The molecule has 0 unspecified atom stereocenters. The molecule has 0 saturated heterocycles. The molecule has 6 nitrogen and oxygen atoms in total. The quantitative estimate of drug-likeness (QED) is 0.101. The van der Waals surface area contributed by atoms with E-state index in [0.717, 1.165) is 34.3 Å². The molecule has 36 heavy (non-hydrogen) atoms. The lowest BCUT2D eigenvalue weighted by molar-refractivity contribution is 0.104. The second-order valence-corrected chi connectivity index (χ2v) is 9.39. The van der Waals surface area contributed by atoms with Crippen LogP contribution in [-0.4, -0.2) is 37.9 Å². The van der Waals surface area contributed by atoms with E-state index in [0.29, 0.717) is 17.9 Å². The number of allylic oxidation sites excluding steroid dienone is 1. The third-order valence-corrected chi connectivity index (χ3v) is 6.37. The second-order valence-electron chi connectivity index (χ2n) is 8.33. The fraction of sp³-hybridized carbons (Fsp3) is 0.214. The smallest absolute Gasteiger partial charge is 0.191 e. The van der Waals surface area contributed by atoms with E-state index in [-0.39, 0.29) is 17.6 Å². The van der Waals surface area contributed by atoms with Crippen LogP contribution < -0.4 is 4.74 Å². The van der Waals surface area contributed by atoms with Crippen molar-refractivity contribution >= 4 is 23.6 Å². The molecule has 2 aromatic heterocycles. The number of hydrogen-bond donors (Lipinski definition) is 0. The minimum atomic E-state index is -0.304. The number of thioether (sulfide) groups is 1. The Morgan fingerprint density at radius 3 is 2.44 bits per heavy atom. The molecule has 0 aliphatic carbocycles. The van der Waals surface area contributed by atoms with Crippen LogP contribution in [0.2, 0.25) is 0 Å². The standard InChI is InChI=1S/C28H27FN4O2S/c1-20(2)33-27(23-14-16-30-17-15-23)31-32-28(33)36-19-3-18-35-25-11-7-22(8-12-25)26(34)13-6-21-4-9-24(29)10-5-21/h4-17,20H,3,18-19H2,1-2H3/b13-6+. The van der Waals surface area contributed by atoms with Crippen LogP contribution in [-0.2, 0) is 0 Å². The van der Waals surface area contributed by atoms with Gasteiger partial charge in [0.05, 0.1) is 6.61 Å². The number of carbonyl (C=O) groups is 1. The number of pyridine rings is 1. The van der Waals surface area contributed by atoms with Gasteiger partial charge in [0.15, 0.2) is 16.8 Å². The summed E-state index contributed by atoms with van der Waals surface area (Å²) in [5.41, 5.74) is 2.33. The maximum atomic E-state index is 13.0. The van der Waals surface area contributed by atoms with E-state index in [1.54, 1.807) is 66.6 Å². The average Bonchev–Trinajstić information content (AvgIpc) is 3.33. The molecule has 2 heterocycles. The summed E-state index contributed by atoms with van der Waals surface area (Å²) in [6.07, 6.45) is 7.50. The van der Waals surface area contributed by atoms with Crippen LogP contribution >= 0.6 is 11.8 Å².